The summed E-state index contributed by atoms with van der Waals surface area (Å²) in [5.74, 6) is 1.61. The quantitative estimate of drug-likeness (QED) is 0.877. The Bertz CT molecular complexity index is 558. The van der Waals surface area contributed by atoms with Crippen LogP contribution >= 0.6 is 0 Å². The molecule has 100 valence electrons. The second kappa shape index (κ2) is 6.18. The van der Waals surface area contributed by atoms with Crippen LogP contribution in [0.15, 0.2) is 36.5 Å². The predicted octanol–water partition coefficient (Wildman–Crippen LogP) is 4.14. The number of halogens is 1. The molecule has 1 heterocycles. The van der Waals surface area contributed by atoms with Gasteiger partial charge in [-0.2, -0.15) is 0 Å². The second-order valence-corrected chi connectivity index (χ2v) is 4.32. The van der Waals surface area contributed by atoms with Gasteiger partial charge in [0.25, 0.3) is 0 Å². The zero-order chi connectivity index (χ0) is 13.7. The molecule has 0 aliphatic heterocycles. The van der Waals surface area contributed by atoms with E-state index in [-0.39, 0.29) is 5.82 Å². The van der Waals surface area contributed by atoms with E-state index in [0.717, 1.165) is 24.3 Å². The van der Waals surface area contributed by atoms with E-state index < -0.39 is 0 Å². The summed E-state index contributed by atoms with van der Waals surface area (Å²) in [5.41, 5.74) is 0.890. The Morgan fingerprint density at radius 2 is 2.11 bits per heavy atom. The first-order valence-corrected chi connectivity index (χ1v) is 6.33. The van der Waals surface area contributed by atoms with Crippen molar-refractivity contribution in [1.82, 2.24) is 4.98 Å². The normalized spacial score (nSPS) is 10.3. The van der Waals surface area contributed by atoms with Crippen LogP contribution in [0.4, 0.5) is 10.2 Å². The maximum absolute atomic E-state index is 13.2. The fourth-order valence-corrected chi connectivity index (χ4v) is 1.64. The van der Waals surface area contributed by atoms with Gasteiger partial charge in [-0.3, -0.25) is 0 Å². The summed E-state index contributed by atoms with van der Waals surface area (Å²) in [6.07, 6.45) is 2.69. The maximum Gasteiger partial charge on any atom is 0.133 e. The summed E-state index contributed by atoms with van der Waals surface area (Å²) in [6, 6.07) is 8.06. The van der Waals surface area contributed by atoms with Gasteiger partial charge in [0.2, 0.25) is 0 Å². The Kier molecular flexibility index (Phi) is 4.34. The number of aromatic nitrogens is 1. The lowest BCUT2D eigenvalue weighted by atomic mass is 10.2. The molecule has 0 amide bonds. The Morgan fingerprint density at radius 1 is 1.26 bits per heavy atom. The first-order chi connectivity index (χ1) is 9.19. The highest BCUT2D eigenvalue weighted by Gasteiger charge is 2.04. The molecule has 2 rings (SSSR count). The molecule has 0 unspecified atom stereocenters. The molecule has 1 N–H and O–H groups in total. The molecule has 2 aromatic rings. The minimum absolute atomic E-state index is 0.306. The van der Waals surface area contributed by atoms with Crippen molar-refractivity contribution in [3.8, 4) is 11.5 Å². The van der Waals surface area contributed by atoms with Crippen molar-refractivity contribution >= 4 is 5.82 Å². The van der Waals surface area contributed by atoms with Gasteiger partial charge in [0.05, 0.1) is 0 Å². The fourth-order valence-electron chi connectivity index (χ4n) is 1.64. The summed E-state index contributed by atoms with van der Waals surface area (Å²) in [7, 11) is 0. The van der Waals surface area contributed by atoms with E-state index >= 15 is 0 Å². The number of nitrogens with one attached hydrogen (secondary N) is 1. The molecule has 3 nitrogen and oxygen atoms in total. The molecule has 1 aromatic carbocycles. The number of hydrogen-bond acceptors (Lipinski definition) is 3. The zero-order valence-corrected chi connectivity index (χ0v) is 11.1. The molecule has 1 aromatic heterocycles. The summed E-state index contributed by atoms with van der Waals surface area (Å²) in [5, 5.41) is 3.18. The molecular formula is C15H17FN2O. The Balaban J connectivity index is 2.16. The Morgan fingerprint density at radius 3 is 2.89 bits per heavy atom. The van der Waals surface area contributed by atoms with Gasteiger partial charge in [-0.1, -0.05) is 13.0 Å². The molecule has 0 saturated heterocycles. The van der Waals surface area contributed by atoms with Crippen LogP contribution in [0.25, 0.3) is 0 Å². The van der Waals surface area contributed by atoms with Crippen molar-refractivity contribution in [3.63, 3.8) is 0 Å². The van der Waals surface area contributed by atoms with Crippen molar-refractivity contribution in [2.45, 2.75) is 20.3 Å². The highest BCUT2D eigenvalue weighted by atomic mass is 19.1. The van der Waals surface area contributed by atoms with Crippen molar-refractivity contribution in [3.05, 3.63) is 47.9 Å². The molecule has 0 bridgehead atoms. The van der Waals surface area contributed by atoms with E-state index in [2.05, 4.69) is 17.2 Å². The number of rotatable bonds is 5. The lowest BCUT2D eigenvalue weighted by molar-refractivity contribution is 0.472. The van der Waals surface area contributed by atoms with Crippen molar-refractivity contribution < 1.29 is 9.13 Å². The monoisotopic (exact) mass is 260 g/mol. The van der Waals surface area contributed by atoms with Gasteiger partial charge in [-0.25, -0.2) is 9.37 Å². The van der Waals surface area contributed by atoms with E-state index in [1.54, 1.807) is 24.4 Å². The Labute approximate surface area is 112 Å². The van der Waals surface area contributed by atoms with Gasteiger partial charge < -0.3 is 10.1 Å². The van der Waals surface area contributed by atoms with E-state index in [1.807, 2.05) is 6.92 Å². The van der Waals surface area contributed by atoms with Gasteiger partial charge in [-0.15, -0.1) is 0 Å². The van der Waals surface area contributed by atoms with Crippen LogP contribution in [0.3, 0.4) is 0 Å². The topological polar surface area (TPSA) is 34.1 Å². The molecular weight excluding hydrogens is 243 g/mol. The standard InChI is InChI=1S/C15H17FN2O/c1-3-7-17-15-10-13(6-8-18-15)19-14-9-12(16)5-4-11(14)2/h4-6,8-10H,3,7H2,1-2H3,(H,17,18). The number of ether oxygens (including phenoxy) is 1. The molecule has 0 saturated carbocycles. The molecule has 0 fully saturated rings. The summed E-state index contributed by atoms with van der Waals surface area (Å²) < 4.78 is 18.9. The lowest BCUT2D eigenvalue weighted by Crippen LogP contribution is -2.01. The third-order valence-electron chi connectivity index (χ3n) is 2.67. The SMILES string of the molecule is CCCNc1cc(Oc2cc(F)ccc2C)ccn1. The largest absolute Gasteiger partial charge is 0.457 e. The van der Waals surface area contributed by atoms with E-state index in [1.165, 1.54) is 12.1 Å². The number of hydrogen-bond donors (Lipinski definition) is 1. The molecule has 0 atom stereocenters. The summed E-state index contributed by atoms with van der Waals surface area (Å²) in [6.45, 7) is 4.82. The van der Waals surface area contributed by atoms with Crippen molar-refractivity contribution in [2.75, 3.05) is 11.9 Å². The highest BCUT2D eigenvalue weighted by Crippen LogP contribution is 2.26. The average molecular weight is 260 g/mol. The lowest BCUT2D eigenvalue weighted by Gasteiger charge is -2.10. The molecule has 0 radical (unpaired) electrons. The van der Waals surface area contributed by atoms with Crippen LogP contribution in [0.1, 0.15) is 18.9 Å². The van der Waals surface area contributed by atoms with E-state index in [4.69, 9.17) is 4.74 Å². The summed E-state index contributed by atoms with van der Waals surface area (Å²) >= 11 is 0. The zero-order valence-electron chi connectivity index (χ0n) is 11.1. The molecule has 4 heteroatoms. The van der Waals surface area contributed by atoms with Crippen molar-refractivity contribution in [2.24, 2.45) is 0 Å². The van der Waals surface area contributed by atoms with Gasteiger partial charge in [0.15, 0.2) is 0 Å². The van der Waals surface area contributed by atoms with Crippen LogP contribution < -0.4 is 10.1 Å². The molecule has 0 aliphatic rings. The minimum Gasteiger partial charge on any atom is -0.457 e. The van der Waals surface area contributed by atoms with Gasteiger partial charge >= 0.3 is 0 Å². The second-order valence-electron chi connectivity index (χ2n) is 4.32. The number of aryl methyl sites for hydroxylation is 1. The number of nitrogens with zero attached hydrogens (tertiary/aromatic N) is 1. The van der Waals surface area contributed by atoms with Crippen LogP contribution in [0, 0.1) is 12.7 Å². The molecule has 0 aliphatic carbocycles. The minimum atomic E-state index is -0.306. The molecule has 19 heavy (non-hydrogen) atoms. The van der Waals surface area contributed by atoms with Crippen LogP contribution in [0.5, 0.6) is 11.5 Å². The smallest absolute Gasteiger partial charge is 0.133 e. The number of pyridine rings is 1. The van der Waals surface area contributed by atoms with E-state index in [0.29, 0.717) is 11.5 Å². The third-order valence-corrected chi connectivity index (χ3v) is 2.67. The highest BCUT2D eigenvalue weighted by molar-refractivity contribution is 5.43. The van der Waals surface area contributed by atoms with Gasteiger partial charge in [0, 0.05) is 24.9 Å². The van der Waals surface area contributed by atoms with Crippen LogP contribution in [-0.2, 0) is 0 Å². The summed E-state index contributed by atoms with van der Waals surface area (Å²) in [4.78, 5) is 4.19. The number of anilines is 1. The van der Waals surface area contributed by atoms with Gasteiger partial charge in [0.1, 0.15) is 23.1 Å². The predicted molar refractivity (Wildman–Crippen MR) is 74.2 cm³/mol. The number of benzene rings is 1. The first-order valence-electron chi connectivity index (χ1n) is 6.33. The van der Waals surface area contributed by atoms with Crippen molar-refractivity contribution in [1.29, 1.82) is 0 Å². The Hall–Kier alpha value is -2.10. The third kappa shape index (κ3) is 3.68. The fraction of sp³-hybridized carbons (Fsp3) is 0.267. The maximum atomic E-state index is 13.2. The molecule has 0 spiro atoms. The van der Waals surface area contributed by atoms with E-state index in [9.17, 15) is 4.39 Å². The first kappa shape index (κ1) is 13.3. The van der Waals surface area contributed by atoms with Crippen LogP contribution in [-0.4, -0.2) is 11.5 Å². The van der Waals surface area contributed by atoms with Gasteiger partial charge in [-0.05, 0) is 31.0 Å². The van der Waals surface area contributed by atoms with Crippen LogP contribution in [0.2, 0.25) is 0 Å². The average Bonchev–Trinajstić information content (AvgIpc) is 2.41.